The van der Waals surface area contributed by atoms with Crippen LogP contribution < -0.4 is 10.2 Å². The first kappa shape index (κ1) is 17.7. The van der Waals surface area contributed by atoms with Crippen molar-refractivity contribution in [2.75, 3.05) is 18.0 Å². The molecule has 1 aliphatic heterocycles. The third-order valence-electron chi connectivity index (χ3n) is 4.82. The number of anilines is 1. The molecule has 3 rings (SSSR count). The maximum absolute atomic E-state index is 12.8. The van der Waals surface area contributed by atoms with Crippen LogP contribution in [0.4, 0.5) is 5.69 Å². The number of nitrogens with one attached hydrogen (secondary N) is 1. The van der Waals surface area contributed by atoms with E-state index in [4.69, 9.17) is 11.6 Å². The summed E-state index contributed by atoms with van der Waals surface area (Å²) in [6.45, 7) is 5.56. The fourth-order valence-corrected chi connectivity index (χ4v) is 3.49. The number of amides is 1. The second kappa shape index (κ2) is 7.44. The number of pyridine rings is 1. The fourth-order valence-electron chi connectivity index (χ4n) is 3.24. The van der Waals surface area contributed by atoms with E-state index in [0.29, 0.717) is 0 Å². The summed E-state index contributed by atoms with van der Waals surface area (Å²) >= 11 is 6.33. The molecule has 1 N–H and O–H groups in total. The predicted molar refractivity (Wildman–Crippen MR) is 102 cm³/mol. The lowest BCUT2D eigenvalue weighted by atomic mass is 9.87. The molecule has 1 amide bonds. The van der Waals surface area contributed by atoms with Gasteiger partial charge in [-0.15, -0.1) is 0 Å². The molecule has 1 aliphatic rings. The third kappa shape index (κ3) is 3.96. The first-order valence-electron chi connectivity index (χ1n) is 8.70. The highest BCUT2D eigenvalue weighted by Crippen LogP contribution is 2.28. The Balaban J connectivity index is 1.68. The number of carbonyl (C=O) groups excluding carboxylic acids is 1. The van der Waals surface area contributed by atoms with Gasteiger partial charge < -0.3 is 10.2 Å². The molecule has 0 spiro atoms. The lowest BCUT2D eigenvalue weighted by Crippen LogP contribution is -2.52. The highest BCUT2D eigenvalue weighted by Gasteiger charge is 2.33. The van der Waals surface area contributed by atoms with Gasteiger partial charge in [0.2, 0.25) is 5.91 Å². The van der Waals surface area contributed by atoms with Crippen LogP contribution in [0.2, 0.25) is 5.02 Å². The third-order valence-corrected chi connectivity index (χ3v) is 5.14. The van der Waals surface area contributed by atoms with Gasteiger partial charge in [0.1, 0.15) is 0 Å². The molecule has 1 aromatic heterocycles. The maximum atomic E-state index is 12.8. The van der Waals surface area contributed by atoms with Gasteiger partial charge in [-0.25, -0.2) is 0 Å². The summed E-state index contributed by atoms with van der Waals surface area (Å²) in [6, 6.07) is 13.7. The number of aromatic nitrogens is 1. The van der Waals surface area contributed by atoms with Gasteiger partial charge >= 0.3 is 0 Å². The van der Waals surface area contributed by atoms with Crippen LogP contribution in [-0.4, -0.2) is 30.0 Å². The fraction of sp³-hybridized carbons (Fsp3) is 0.400. The standard InChI is InChI=1S/C20H24ClN3O/c1-20(2,18-11-5-6-12-22-18)19(25)23-15-8-7-13-24(14-15)17-10-4-3-9-16(17)21/h3-6,9-12,15H,7-8,13-14H2,1-2H3,(H,23,25). The second-order valence-corrected chi connectivity index (χ2v) is 7.46. The molecule has 1 saturated heterocycles. The van der Waals surface area contributed by atoms with Crippen LogP contribution in [0.25, 0.3) is 0 Å². The molecule has 0 aliphatic carbocycles. The van der Waals surface area contributed by atoms with Crippen LogP contribution in [0, 0.1) is 0 Å². The molecule has 25 heavy (non-hydrogen) atoms. The van der Waals surface area contributed by atoms with Gasteiger partial charge in [-0.3, -0.25) is 9.78 Å². The van der Waals surface area contributed by atoms with Crippen LogP contribution in [0.15, 0.2) is 48.7 Å². The first-order valence-corrected chi connectivity index (χ1v) is 9.08. The average molecular weight is 358 g/mol. The monoisotopic (exact) mass is 357 g/mol. The number of halogens is 1. The van der Waals surface area contributed by atoms with E-state index in [1.165, 1.54) is 0 Å². The van der Waals surface area contributed by atoms with E-state index in [9.17, 15) is 4.79 Å². The number of carbonyl (C=O) groups is 1. The van der Waals surface area contributed by atoms with E-state index in [0.717, 1.165) is 42.3 Å². The van der Waals surface area contributed by atoms with Crippen molar-refractivity contribution in [3.8, 4) is 0 Å². The van der Waals surface area contributed by atoms with Crippen molar-refractivity contribution < 1.29 is 4.79 Å². The minimum Gasteiger partial charge on any atom is -0.368 e. The summed E-state index contributed by atoms with van der Waals surface area (Å²) in [5.74, 6) is 0.0113. The minimum absolute atomic E-state index is 0.0113. The van der Waals surface area contributed by atoms with Gasteiger partial charge in [0, 0.05) is 25.3 Å². The zero-order chi connectivity index (χ0) is 17.9. The molecule has 5 heteroatoms. The Morgan fingerprint density at radius 3 is 2.72 bits per heavy atom. The Kier molecular flexibility index (Phi) is 5.28. The molecular weight excluding hydrogens is 334 g/mol. The smallest absolute Gasteiger partial charge is 0.231 e. The maximum Gasteiger partial charge on any atom is 0.231 e. The normalized spacial score (nSPS) is 18.0. The van der Waals surface area contributed by atoms with E-state index in [2.05, 4.69) is 15.2 Å². The SMILES string of the molecule is CC(C)(C(=O)NC1CCCN(c2ccccc2Cl)C1)c1ccccn1. The van der Waals surface area contributed by atoms with Crippen molar-refractivity contribution >= 4 is 23.2 Å². The number of piperidine rings is 1. The molecule has 0 bridgehead atoms. The van der Waals surface area contributed by atoms with E-state index < -0.39 is 5.41 Å². The van der Waals surface area contributed by atoms with Crippen molar-refractivity contribution in [2.45, 2.75) is 38.1 Å². The van der Waals surface area contributed by atoms with Crippen molar-refractivity contribution in [3.63, 3.8) is 0 Å². The van der Waals surface area contributed by atoms with E-state index >= 15 is 0 Å². The molecule has 1 fully saturated rings. The molecule has 0 saturated carbocycles. The summed E-state index contributed by atoms with van der Waals surface area (Å²) in [6.07, 6.45) is 3.73. The summed E-state index contributed by atoms with van der Waals surface area (Å²) in [5, 5.41) is 3.97. The van der Waals surface area contributed by atoms with E-state index in [1.54, 1.807) is 6.20 Å². The van der Waals surface area contributed by atoms with Crippen LogP contribution in [-0.2, 0) is 10.2 Å². The molecular formula is C20H24ClN3O. The van der Waals surface area contributed by atoms with Gasteiger partial charge in [-0.05, 0) is 51.0 Å². The zero-order valence-electron chi connectivity index (χ0n) is 14.7. The highest BCUT2D eigenvalue weighted by molar-refractivity contribution is 6.33. The largest absolute Gasteiger partial charge is 0.368 e. The van der Waals surface area contributed by atoms with Crippen molar-refractivity contribution in [3.05, 3.63) is 59.4 Å². The first-order chi connectivity index (χ1) is 12.0. The van der Waals surface area contributed by atoms with E-state index in [-0.39, 0.29) is 11.9 Å². The van der Waals surface area contributed by atoms with E-state index in [1.807, 2.05) is 56.3 Å². The summed E-state index contributed by atoms with van der Waals surface area (Å²) in [4.78, 5) is 19.5. The summed E-state index contributed by atoms with van der Waals surface area (Å²) in [7, 11) is 0. The Bertz CT molecular complexity index is 733. The average Bonchev–Trinajstić information content (AvgIpc) is 2.63. The Hall–Kier alpha value is -2.07. The molecule has 132 valence electrons. The topological polar surface area (TPSA) is 45.2 Å². The van der Waals surface area contributed by atoms with Gasteiger partial charge in [0.25, 0.3) is 0 Å². The number of para-hydroxylation sites is 1. The quantitative estimate of drug-likeness (QED) is 0.905. The number of hydrogen-bond donors (Lipinski definition) is 1. The second-order valence-electron chi connectivity index (χ2n) is 7.05. The summed E-state index contributed by atoms with van der Waals surface area (Å²) in [5.41, 5.74) is 1.16. The molecule has 2 aromatic rings. The van der Waals surface area contributed by atoms with Gasteiger partial charge in [-0.2, -0.15) is 0 Å². The molecule has 1 aromatic carbocycles. The van der Waals surface area contributed by atoms with Crippen LogP contribution in [0.3, 0.4) is 0 Å². The number of rotatable bonds is 4. The molecule has 4 nitrogen and oxygen atoms in total. The lowest BCUT2D eigenvalue weighted by molar-refractivity contribution is -0.126. The van der Waals surface area contributed by atoms with Crippen molar-refractivity contribution in [1.82, 2.24) is 10.3 Å². The van der Waals surface area contributed by atoms with Crippen LogP contribution >= 0.6 is 11.6 Å². The summed E-state index contributed by atoms with van der Waals surface area (Å²) < 4.78 is 0. The number of benzene rings is 1. The van der Waals surface area contributed by atoms with Crippen LogP contribution in [0.5, 0.6) is 0 Å². The van der Waals surface area contributed by atoms with Gasteiger partial charge in [-0.1, -0.05) is 29.8 Å². The Morgan fingerprint density at radius 1 is 1.24 bits per heavy atom. The predicted octanol–water partition coefficient (Wildman–Crippen LogP) is 3.80. The highest BCUT2D eigenvalue weighted by atomic mass is 35.5. The van der Waals surface area contributed by atoms with Gasteiger partial charge in [0.05, 0.1) is 21.8 Å². The molecule has 0 radical (unpaired) electrons. The zero-order valence-corrected chi connectivity index (χ0v) is 15.5. The van der Waals surface area contributed by atoms with Gasteiger partial charge in [0.15, 0.2) is 0 Å². The Morgan fingerprint density at radius 2 is 2.00 bits per heavy atom. The minimum atomic E-state index is -0.659. The van der Waals surface area contributed by atoms with Crippen LogP contribution in [0.1, 0.15) is 32.4 Å². The number of hydrogen-bond acceptors (Lipinski definition) is 3. The molecule has 2 heterocycles. The van der Waals surface area contributed by atoms with Crippen molar-refractivity contribution in [1.29, 1.82) is 0 Å². The number of nitrogens with zero attached hydrogens (tertiary/aromatic N) is 2. The molecule has 1 atom stereocenters. The Labute approximate surface area is 154 Å². The molecule has 1 unspecified atom stereocenters. The lowest BCUT2D eigenvalue weighted by Gasteiger charge is -2.36. The van der Waals surface area contributed by atoms with Crippen molar-refractivity contribution in [2.24, 2.45) is 0 Å².